The second-order valence-corrected chi connectivity index (χ2v) is 3.96. The van der Waals surface area contributed by atoms with E-state index in [0.29, 0.717) is 5.56 Å². The molecule has 0 aromatic heterocycles. The van der Waals surface area contributed by atoms with Crippen LogP contribution in [0.3, 0.4) is 0 Å². The average Bonchev–Trinajstić information content (AvgIpc) is 2.25. The number of hydrogen-bond donors (Lipinski definition) is 1. The molecule has 0 saturated carbocycles. The Bertz CT molecular complexity index is 474. The van der Waals surface area contributed by atoms with Gasteiger partial charge in [0.05, 0.1) is 6.42 Å². The third-order valence-electron chi connectivity index (χ3n) is 2.45. The number of carboxylic acids is 1. The van der Waals surface area contributed by atoms with E-state index in [1.165, 1.54) is 0 Å². The SMILES string of the molecule is Cc1ccc(C(=O)C(=O)CCC(=O)O)c(C)c1. The number of Topliss-reactive ketones (excluding diaryl/α,β-unsaturated/α-hetero) is 2. The van der Waals surface area contributed by atoms with Crippen molar-refractivity contribution >= 4 is 17.5 Å². The molecule has 0 heterocycles. The molecule has 0 atom stereocenters. The number of rotatable bonds is 5. The van der Waals surface area contributed by atoms with Gasteiger partial charge in [-0.25, -0.2) is 0 Å². The summed E-state index contributed by atoms with van der Waals surface area (Å²) in [4.78, 5) is 33.5. The molecule has 4 heteroatoms. The van der Waals surface area contributed by atoms with E-state index in [-0.39, 0.29) is 12.8 Å². The molecule has 0 aliphatic heterocycles. The summed E-state index contributed by atoms with van der Waals surface area (Å²) >= 11 is 0. The highest BCUT2D eigenvalue weighted by Crippen LogP contribution is 2.12. The van der Waals surface area contributed by atoms with Crippen LogP contribution in [0.5, 0.6) is 0 Å². The van der Waals surface area contributed by atoms with Gasteiger partial charge in [-0.2, -0.15) is 0 Å². The largest absolute Gasteiger partial charge is 0.481 e. The number of aliphatic carboxylic acids is 1. The van der Waals surface area contributed by atoms with Gasteiger partial charge in [-0.3, -0.25) is 14.4 Å². The zero-order valence-corrected chi connectivity index (χ0v) is 9.82. The quantitative estimate of drug-likeness (QED) is 0.624. The predicted octanol–water partition coefficient (Wildman–Crippen LogP) is 1.92. The highest BCUT2D eigenvalue weighted by molar-refractivity contribution is 6.44. The molecule has 0 aliphatic carbocycles. The Morgan fingerprint density at radius 1 is 1.12 bits per heavy atom. The summed E-state index contributed by atoms with van der Waals surface area (Å²) in [6.07, 6.45) is -0.559. The van der Waals surface area contributed by atoms with Crippen LogP contribution in [0, 0.1) is 13.8 Å². The Morgan fingerprint density at radius 2 is 1.76 bits per heavy atom. The van der Waals surface area contributed by atoms with Crippen molar-refractivity contribution < 1.29 is 19.5 Å². The molecule has 0 radical (unpaired) electrons. The normalized spacial score (nSPS) is 10.0. The second-order valence-electron chi connectivity index (χ2n) is 3.96. The van der Waals surface area contributed by atoms with Crippen LogP contribution in [-0.2, 0) is 9.59 Å². The van der Waals surface area contributed by atoms with Gasteiger partial charge in [0.25, 0.3) is 0 Å². The fourth-order valence-corrected chi connectivity index (χ4v) is 1.55. The van der Waals surface area contributed by atoms with Crippen LogP contribution in [-0.4, -0.2) is 22.6 Å². The molecule has 0 saturated heterocycles. The standard InChI is InChI=1S/C13H14O4/c1-8-3-4-10(9(2)7-8)13(17)11(14)5-6-12(15)16/h3-4,7H,5-6H2,1-2H3,(H,15,16). The lowest BCUT2D eigenvalue weighted by Crippen LogP contribution is -2.16. The van der Waals surface area contributed by atoms with Crippen molar-refractivity contribution in [2.45, 2.75) is 26.7 Å². The monoisotopic (exact) mass is 234 g/mol. The molecule has 90 valence electrons. The molecule has 0 amide bonds. The van der Waals surface area contributed by atoms with Gasteiger partial charge in [0.15, 0.2) is 0 Å². The van der Waals surface area contributed by atoms with Gasteiger partial charge < -0.3 is 5.11 Å². The Hall–Kier alpha value is -1.97. The minimum atomic E-state index is -1.08. The molecule has 1 aromatic carbocycles. The van der Waals surface area contributed by atoms with E-state index < -0.39 is 17.5 Å². The van der Waals surface area contributed by atoms with Crippen LogP contribution < -0.4 is 0 Å². The third-order valence-corrected chi connectivity index (χ3v) is 2.45. The highest BCUT2D eigenvalue weighted by Gasteiger charge is 2.18. The number of carbonyl (C=O) groups excluding carboxylic acids is 2. The number of carbonyl (C=O) groups is 3. The average molecular weight is 234 g/mol. The molecular formula is C13H14O4. The topological polar surface area (TPSA) is 71.4 Å². The summed E-state index contributed by atoms with van der Waals surface area (Å²) in [5.41, 5.74) is 2.10. The van der Waals surface area contributed by atoms with Crippen molar-refractivity contribution in [1.29, 1.82) is 0 Å². The predicted molar refractivity (Wildman–Crippen MR) is 62.1 cm³/mol. The number of carboxylic acid groups (broad SMARTS) is 1. The number of ketones is 2. The molecule has 1 aromatic rings. The molecule has 1 N–H and O–H groups in total. The lowest BCUT2D eigenvalue weighted by molar-refractivity contribution is -0.138. The van der Waals surface area contributed by atoms with Crippen LogP contribution in [0.15, 0.2) is 18.2 Å². The van der Waals surface area contributed by atoms with Gasteiger partial charge in [-0.15, -0.1) is 0 Å². The minimum absolute atomic E-state index is 0.249. The van der Waals surface area contributed by atoms with E-state index in [1.54, 1.807) is 19.1 Å². The highest BCUT2D eigenvalue weighted by atomic mass is 16.4. The maximum absolute atomic E-state index is 11.7. The van der Waals surface area contributed by atoms with Crippen LogP contribution in [0.1, 0.15) is 34.3 Å². The first-order valence-corrected chi connectivity index (χ1v) is 5.28. The molecule has 0 aliphatic rings. The van der Waals surface area contributed by atoms with Gasteiger partial charge in [-0.05, 0) is 19.4 Å². The van der Waals surface area contributed by atoms with Crippen LogP contribution in [0.25, 0.3) is 0 Å². The zero-order chi connectivity index (χ0) is 13.0. The third kappa shape index (κ3) is 3.52. The van der Waals surface area contributed by atoms with E-state index in [1.807, 2.05) is 13.0 Å². The fraction of sp³-hybridized carbons (Fsp3) is 0.308. The van der Waals surface area contributed by atoms with E-state index in [2.05, 4.69) is 0 Å². The molecule has 0 fully saturated rings. The van der Waals surface area contributed by atoms with Gasteiger partial charge in [0.1, 0.15) is 0 Å². The Morgan fingerprint density at radius 3 is 2.29 bits per heavy atom. The van der Waals surface area contributed by atoms with Crippen molar-refractivity contribution in [2.75, 3.05) is 0 Å². The van der Waals surface area contributed by atoms with Crippen molar-refractivity contribution in [2.24, 2.45) is 0 Å². The molecule has 1 rings (SSSR count). The number of benzene rings is 1. The Kier molecular flexibility index (Phi) is 4.15. The second kappa shape index (κ2) is 5.39. The van der Waals surface area contributed by atoms with Crippen molar-refractivity contribution in [1.82, 2.24) is 0 Å². The summed E-state index contributed by atoms with van der Waals surface area (Å²) in [5, 5.41) is 8.44. The van der Waals surface area contributed by atoms with E-state index in [0.717, 1.165) is 11.1 Å². The summed E-state index contributed by atoms with van der Waals surface area (Å²) in [6.45, 7) is 3.65. The Balaban J connectivity index is 2.82. The number of hydrogen-bond acceptors (Lipinski definition) is 3. The van der Waals surface area contributed by atoms with E-state index >= 15 is 0 Å². The molecule has 0 bridgehead atoms. The van der Waals surface area contributed by atoms with Crippen molar-refractivity contribution in [3.8, 4) is 0 Å². The smallest absolute Gasteiger partial charge is 0.303 e. The van der Waals surface area contributed by atoms with Crippen molar-refractivity contribution in [3.05, 3.63) is 34.9 Å². The van der Waals surface area contributed by atoms with Crippen LogP contribution in [0.4, 0.5) is 0 Å². The molecular weight excluding hydrogens is 220 g/mol. The zero-order valence-electron chi connectivity index (χ0n) is 9.82. The van der Waals surface area contributed by atoms with Gasteiger partial charge in [0, 0.05) is 12.0 Å². The maximum atomic E-state index is 11.7. The molecule has 0 spiro atoms. The number of aryl methyl sites for hydroxylation is 2. The molecule has 0 unspecified atom stereocenters. The fourth-order valence-electron chi connectivity index (χ4n) is 1.55. The summed E-state index contributed by atoms with van der Waals surface area (Å²) in [7, 11) is 0. The summed E-state index contributed by atoms with van der Waals surface area (Å²) in [5.74, 6) is -2.34. The van der Waals surface area contributed by atoms with Crippen LogP contribution >= 0.6 is 0 Å². The lowest BCUT2D eigenvalue weighted by Gasteiger charge is -2.04. The van der Waals surface area contributed by atoms with Crippen LogP contribution in [0.2, 0.25) is 0 Å². The first-order chi connectivity index (χ1) is 7.91. The lowest BCUT2D eigenvalue weighted by atomic mass is 9.98. The maximum Gasteiger partial charge on any atom is 0.303 e. The first kappa shape index (κ1) is 13.1. The summed E-state index contributed by atoms with van der Waals surface area (Å²) in [6, 6.07) is 5.17. The van der Waals surface area contributed by atoms with Gasteiger partial charge in [-0.1, -0.05) is 23.8 Å². The van der Waals surface area contributed by atoms with Crippen molar-refractivity contribution in [3.63, 3.8) is 0 Å². The van der Waals surface area contributed by atoms with E-state index in [9.17, 15) is 14.4 Å². The molecule has 4 nitrogen and oxygen atoms in total. The van der Waals surface area contributed by atoms with E-state index in [4.69, 9.17) is 5.11 Å². The summed E-state index contributed by atoms with van der Waals surface area (Å²) < 4.78 is 0. The Labute approximate surface area is 99.3 Å². The first-order valence-electron chi connectivity index (χ1n) is 5.28. The minimum Gasteiger partial charge on any atom is -0.481 e. The van der Waals surface area contributed by atoms with Gasteiger partial charge in [0.2, 0.25) is 11.6 Å². The van der Waals surface area contributed by atoms with Gasteiger partial charge >= 0.3 is 5.97 Å². The molecule has 17 heavy (non-hydrogen) atoms.